The molecule has 2 rings (SSSR count). The van der Waals surface area contributed by atoms with E-state index in [1.807, 2.05) is 18.2 Å². The summed E-state index contributed by atoms with van der Waals surface area (Å²) >= 11 is 0. The highest BCUT2D eigenvalue weighted by atomic mass is 16.5. The van der Waals surface area contributed by atoms with Crippen LogP contribution in [-0.2, 0) is 11.3 Å². The minimum atomic E-state index is -0.532. The van der Waals surface area contributed by atoms with Crippen molar-refractivity contribution in [3.63, 3.8) is 0 Å². The Labute approximate surface area is 157 Å². The van der Waals surface area contributed by atoms with Crippen molar-refractivity contribution in [2.24, 2.45) is 5.92 Å². The maximum atomic E-state index is 10.2. The number of β-amino-alcohol motifs (C(OH)–C–C–N with tert-alkyl or cyclic N) is 1. The van der Waals surface area contributed by atoms with Gasteiger partial charge in [0.05, 0.1) is 20.3 Å². The van der Waals surface area contributed by atoms with E-state index in [9.17, 15) is 5.11 Å². The van der Waals surface area contributed by atoms with Gasteiger partial charge in [-0.2, -0.15) is 0 Å². The van der Waals surface area contributed by atoms with E-state index in [0.29, 0.717) is 24.0 Å². The van der Waals surface area contributed by atoms with E-state index in [2.05, 4.69) is 24.1 Å². The Morgan fingerprint density at radius 1 is 1.23 bits per heavy atom. The summed E-state index contributed by atoms with van der Waals surface area (Å²) in [6, 6.07) is 5.94. The van der Waals surface area contributed by atoms with Crippen LogP contribution in [0.1, 0.15) is 25.8 Å². The molecule has 0 amide bonds. The van der Waals surface area contributed by atoms with Gasteiger partial charge in [-0.3, -0.25) is 4.90 Å². The highest BCUT2D eigenvalue weighted by Gasteiger charge is 2.16. The molecule has 1 aromatic rings. The summed E-state index contributed by atoms with van der Waals surface area (Å²) in [6.45, 7) is 10.3. The first-order valence-corrected chi connectivity index (χ1v) is 9.57. The van der Waals surface area contributed by atoms with Gasteiger partial charge in [-0.25, -0.2) is 0 Å². The normalized spacial score (nSPS) is 16.7. The topological polar surface area (TPSA) is 63.2 Å². The standard InChI is InChI=1S/C20H34N2O4/c1-16(2)6-7-21-13-17-4-5-19(20(12-17)24-3)26-15-18(23)14-22-8-10-25-11-9-22/h4-5,12,16,18,21,23H,6-11,13-15H2,1-3H3/t18-/m1/s1. The first kappa shape index (κ1) is 21.0. The number of aliphatic hydroxyl groups is 1. The number of hydrogen-bond acceptors (Lipinski definition) is 6. The number of methoxy groups -OCH3 is 1. The van der Waals surface area contributed by atoms with Crippen LogP contribution in [0.5, 0.6) is 11.5 Å². The lowest BCUT2D eigenvalue weighted by atomic mass is 10.1. The van der Waals surface area contributed by atoms with E-state index in [0.717, 1.165) is 45.0 Å². The van der Waals surface area contributed by atoms with E-state index in [4.69, 9.17) is 14.2 Å². The molecule has 0 radical (unpaired) electrons. The molecular formula is C20H34N2O4. The summed E-state index contributed by atoms with van der Waals surface area (Å²) < 4.78 is 16.6. The summed E-state index contributed by atoms with van der Waals surface area (Å²) in [7, 11) is 1.64. The fourth-order valence-electron chi connectivity index (χ4n) is 2.89. The van der Waals surface area contributed by atoms with Crippen molar-refractivity contribution in [3.05, 3.63) is 23.8 Å². The van der Waals surface area contributed by atoms with E-state index < -0.39 is 6.10 Å². The average molecular weight is 367 g/mol. The van der Waals surface area contributed by atoms with Crippen LogP contribution in [0.3, 0.4) is 0 Å². The third-order valence-corrected chi connectivity index (χ3v) is 4.46. The molecule has 0 aromatic heterocycles. The number of aliphatic hydroxyl groups excluding tert-OH is 1. The molecule has 1 saturated heterocycles. The van der Waals surface area contributed by atoms with Crippen LogP contribution in [-0.4, -0.2) is 69.2 Å². The Balaban J connectivity index is 1.78. The second kappa shape index (κ2) is 11.4. The number of benzene rings is 1. The molecule has 1 aliphatic rings. The zero-order valence-electron chi connectivity index (χ0n) is 16.4. The number of nitrogens with one attached hydrogen (secondary N) is 1. The fourth-order valence-corrected chi connectivity index (χ4v) is 2.89. The molecule has 1 aliphatic heterocycles. The number of hydrogen-bond donors (Lipinski definition) is 2. The second-order valence-corrected chi connectivity index (χ2v) is 7.22. The van der Waals surface area contributed by atoms with Gasteiger partial charge in [0.1, 0.15) is 12.7 Å². The van der Waals surface area contributed by atoms with Crippen LogP contribution >= 0.6 is 0 Å². The Morgan fingerprint density at radius 3 is 2.69 bits per heavy atom. The molecule has 2 N–H and O–H groups in total. The molecule has 26 heavy (non-hydrogen) atoms. The summed E-state index contributed by atoms with van der Waals surface area (Å²) in [5, 5.41) is 13.7. The third kappa shape index (κ3) is 7.50. The lowest BCUT2D eigenvalue weighted by Gasteiger charge is -2.28. The van der Waals surface area contributed by atoms with Gasteiger partial charge in [0, 0.05) is 26.2 Å². The lowest BCUT2D eigenvalue weighted by Crippen LogP contribution is -2.42. The van der Waals surface area contributed by atoms with Crippen molar-refractivity contribution >= 4 is 0 Å². The summed E-state index contributed by atoms with van der Waals surface area (Å²) in [6.07, 6.45) is 0.634. The van der Waals surface area contributed by atoms with E-state index in [1.54, 1.807) is 7.11 Å². The van der Waals surface area contributed by atoms with Crippen molar-refractivity contribution in [1.29, 1.82) is 0 Å². The lowest BCUT2D eigenvalue weighted by molar-refractivity contribution is 0.00445. The SMILES string of the molecule is COc1cc(CNCCC(C)C)ccc1OC[C@H](O)CN1CCOCC1. The quantitative estimate of drug-likeness (QED) is 0.583. The Morgan fingerprint density at radius 2 is 2.00 bits per heavy atom. The Hall–Kier alpha value is -1.34. The first-order valence-electron chi connectivity index (χ1n) is 9.57. The predicted octanol–water partition coefficient (Wildman–Crippen LogP) is 1.90. The van der Waals surface area contributed by atoms with E-state index in [-0.39, 0.29) is 6.61 Å². The molecule has 6 heteroatoms. The molecule has 148 valence electrons. The molecule has 1 aromatic carbocycles. The van der Waals surface area contributed by atoms with E-state index in [1.165, 1.54) is 6.42 Å². The van der Waals surface area contributed by atoms with Crippen LogP contribution < -0.4 is 14.8 Å². The third-order valence-electron chi connectivity index (χ3n) is 4.46. The van der Waals surface area contributed by atoms with Crippen molar-refractivity contribution in [1.82, 2.24) is 10.2 Å². The molecule has 0 bridgehead atoms. The zero-order chi connectivity index (χ0) is 18.8. The fraction of sp³-hybridized carbons (Fsp3) is 0.700. The number of ether oxygens (including phenoxy) is 3. The molecular weight excluding hydrogens is 332 g/mol. The Bertz CT molecular complexity index is 519. The van der Waals surface area contributed by atoms with Crippen LogP contribution in [0.25, 0.3) is 0 Å². The first-order chi connectivity index (χ1) is 12.6. The molecule has 1 atom stereocenters. The zero-order valence-corrected chi connectivity index (χ0v) is 16.4. The molecule has 6 nitrogen and oxygen atoms in total. The van der Waals surface area contributed by atoms with Crippen LogP contribution in [0.4, 0.5) is 0 Å². The van der Waals surface area contributed by atoms with Gasteiger partial charge in [0.2, 0.25) is 0 Å². The van der Waals surface area contributed by atoms with Gasteiger partial charge in [-0.15, -0.1) is 0 Å². The van der Waals surface area contributed by atoms with Crippen molar-refractivity contribution in [3.8, 4) is 11.5 Å². The van der Waals surface area contributed by atoms with Gasteiger partial charge in [0.15, 0.2) is 11.5 Å². The molecule has 0 saturated carbocycles. The minimum absolute atomic E-state index is 0.250. The molecule has 0 unspecified atom stereocenters. The minimum Gasteiger partial charge on any atom is -0.493 e. The summed E-state index contributed by atoms with van der Waals surface area (Å²) in [4.78, 5) is 2.20. The summed E-state index contributed by atoms with van der Waals surface area (Å²) in [5.74, 6) is 2.07. The Kier molecular flexibility index (Phi) is 9.18. The van der Waals surface area contributed by atoms with Crippen LogP contribution in [0.2, 0.25) is 0 Å². The predicted molar refractivity (Wildman–Crippen MR) is 103 cm³/mol. The van der Waals surface area contributed by atoms with Crippen molar-refractivity contribution < 1.29 is 19.3 Å². The number of morpholine rings is 1. The highest BCUT2D eigenvalue weighted by molar-refractivity contribution is 5.43. The van der Waals surface area contributed by atoms with Crippen molar-refractivity contribution in [2.45, 2.75) is 32.9 Å². The molecule has 0 aliphatic carbocycles. The number of nitrogens with zero attached hydrogens (tertiary/aromatic N) is 1. The van der Waals surface area contributed by atoms with Gasteiger partial charge in [-0.1, -0.05) is 19.9 Å². The van der Waals surface area contributed by atoms with Crippen LogP contribution in [0.15, 0.2) is 18.2 Å². The molecule has 0 spiro atoms. The summed E-state index contributed by atoms with van der Waals surface area (Å²) in [5.41, 5.74) is 1.16. The number of rotatable bonds is 11. The van der Waals surface area contributed by atoms with Gasteiger partial charge >= 0.3 is 0 Å². The van der Waals surface area contributed by atoms with Gasteiger partial charge < -0.3 is 24.6 Å². The maximum absolute atomic E-state index is 10.2. The second-order valence-electron chi connectivity index (χ2n) is 7.22. The van der Waals surface area contributed by atoms with Crippen molar-refractivity contribution in [2.75, 3.05) is 53.1 Å². The van der Waals surface area contributed by atoms with Gasteiger partial charge in [-0.05, 0) is 36.6 Å². The highest BCUT2D eigenvalue weighted by Crippen LogP contribution is 2.28. The molecule has 1 fully saturated rings. The largest absolute Gasteiger partial charge is 0.493 e. The monoisotopic (exact) mass is 366 g/mol. The smallest absolute Gasteiger partial charge is 0.161 e. The van der Waals surface area contributed by atoms with E-state index >= 15 is 0 Å². The van der Waals surface area contributed by atoms with Gasteiger partial charge in [0.25, 0.3) is 0 Å². The maximum Gasteiger partial charge on any atom is 0.161 e. The average Bonchev–Trinajstić information content (AvgIpc) is 2.64. The van der Waals surface area contributed by atoms with Crippen LogP contribution in [0, 0.1) is 5.92 Å². The molecule has 1 heterocycles.